The maximum Gasteiger partial charge on any atom is 0.227 e. The number of carbonyl (C=O) groups excluding carboxylic acids is 2. The molecule has 1 saturated heterocycles. The first-order valence-corrected chi connectivity index (χ1v) is 5.75. The quantitative estimate of drug-likeness (QED) is 0.510. The molecule has 2 N–H and O–H groups in total. The first-order chi connectivity index (χ1) is 8.06. The standard InChI is InChI=1S/C12H18N2O3/c1-3-4-6-13-10(15)5-7-14-11(16)8-9(2)12(14)17/h1,9,11,16H,4-8H2,2H3,(H,13,15). The van der Waals surface area contributed by atoms with E-state index in [2.05, 4.69) is 11.2 Å². The molecule has 0 aromatic rings. The first-order valence-electron chi connectivity index (χ1n) is 5.75. The highest BCUT2D eigenvalue weighted by Crippen LogP contribution is 2.22. The van der Waals surface area contributed by atoms with Gasteiger partial charge in [-0.2, -0.15) is 0 Å². The van der Waals surface area contributed by atoms with Gasteiger partial charge in [-0.3, -0.25) is 9.59 Å². The Morgan fingerprint density at radius 2 is 2.41 bits per heavy atom. The third-order valence-electron chi connectivity index (χ3n) is 2.80. The van der Waals surface area contributed by atoms with Crippen molar-refractivity contribution in [2.24, 2.45) is 5.92 Å². The van der Waals surface area contributed by atoms with Crippen LogP contribution in [-0.2, 0) is 9.59 Å². The molecule has 17 heavy (non-hydrogen) atoms. The van der Waals surface area contributed by atoms with E-state index in [1.54, 1.807) is 6.92 Å². The van der Waals surface area contributed by atoms with Gasteiger partial charge in [-0.15, -0.1) is 12.3 Å². The molecule has 2 unspecified atom stereocenters. The molecule has 5 nitrogen and oxygen atoms in total. The van der Waals surface area contributed by atoms with Crippen LogP contribution in [0.25, 0.3) is 0 Å². The molecule has 0 radical (unpaired) electrons. The molecular formula is C12H18N2O3. The molecule has 0 spiro atoms. The van der Waals surface area contributed by atoms with Crippen LogP contribution in [-0.4, -0.2) is 41.1 Å². The minimum atomic E-state index is -0.754. The Balaban J connectivity index is 2.28. The van der Waals surface area contributed by atoms with Gasteiger partial charge in [-0.05, 0) is 0 Å². The summed E-state index contributed by atoms with van der Waals surface area (Å²) in [4.78, 5) is 24.3. The fourth-order valence-corrected chi connectivity index (χ4v) is 1.82. The highest BCUT2D eigenvalue weighted by Gasteiger charge is 2.35. The SMILES string of the molecule is C#CCCNC(=O)CCN1C(=O)C(C)CC1O. The number of aliphatic hydroxyl groups excluding tert-OH is 1. The van der Waals surface area contributed by atoms with E-state index in [9.17, 15) is 14.7 Å². The molecule has 0 aromatic heterocycles. The molecule has 1 aliphatic heterocycles. The molecule has 0 bridgehead atoms. The summed E-state index contributed by atoms with van der Waals surface area (Å²) in [5, 5.41) is 12.3. The van der Waals surface area contributed by atoms with Crippen molar-refractivity contribution < 1.29 is 14.7 Å². The fraction of sp³-hybridized carbons (Fsp3) is 0.667. The lowest BCUT2D eigenvalue weighted by Gasteiger charge is -2.19. The van der Waals surface area contributed by atoms with Crippen molar-refractivity contribution in [3.8, 4) is 12.3 Å². The van der Waals surface area contributed by atoms with Gasteiger partial charge in [0.25, 0.3) is 0 Å². The van der Waals surface area contributed by atoms with Crippen molar-refractivity contribution >= 4 is 11.8 Å². The molecule has 1 aliphatic rings. The average Bonchev–Trinajstić information content (AvgIpc) is 2.51. The lowest BCUT2D eigenvalue weighted by Crippen LogP contribution is -2.37. The summed E-state index contributed by atoms with van der Waals surface area (Å²) in [6.45, 7) is 2.48. The third kappa shape index (κ3) is 3.75. The molecule has 0 aliphatic carbocycles. The zero-order valence-corrected chi connectivity index (χ0v) is 9.98. The Morgan fingerprint density at radius 3 is 2.94 bits per heavy atom. The summed E-state index contributed by atoms with van der Waals surface area (Å²) >= 11 is 0. The van der Waals surface area contributed by atoms with Gasteiger partial charge in [-0.25, -0.2) is 0 Å². The van der Waals surface area contributed by atoms with E-state index < -0.39 is 6.23 Å². The van der Waals surface area contributed by atoms with Crippen LogP contribution < -0.4 is 5.32 Å². The average molecular weight is 238 g/mol. The highest BCUT2D eigenvalue weighted by atomic mass is 16.3. The number of nitrogens with zero attached hydrogens (tertiary/aromatic N) is 1. The number of likely N-dealkylation sites (tertiary alicyclic amines) is 1. The second-order valence-corrected chi connectivity index (χ2v) is 4.20. The Bertz CT molecular complexity index is 335. The Morgan fingerprint density at radius 1 is 1.71 bits per heavy atom. The minimum Gasteiger partial charge on any atom is -0.373 e. The van der Waals surface area contributed by atoms with E-state index in [4.69, 9.17) is 6.42 Å². The molecule has 1 heterocycles. The van der Waals surface area contributed by atoms with Crippen LogP contribution in [0.1, 0.15) is 26.2 Å². The maximum atomic E-state index is 11.6. The van der Waals surface area contributed by atoms with Crippen molar-refractivity contribution in [1.82, 2.24) is 10.2 Å². The van der Waals surface area contributed by atoms with Crippen molar-refractivity contribution in [3.05, 3.63) is 0 Å². The third-order valence-corrected chi connectivity index (χ3v) is 2.80. The Hall–Kier alpha value is -1.54. The van der Waals surface area contributed by atoms with Crippen LogP contribution in [0.2, 0.25) is 0 Å². The van der Waals surface area contributed by atoms with Crippen LogP contribution in [0.4, 0.5) is 0 Å². The van der Waals surface area contributed by atoms with Crippen LogP contribution in [0.15, 0.2) is 0 Å². The summed E-state index contributed by atoms with van der Waals surface area (Å²) in [5.74, 6) is 2.02. The van der Waals surface area contributed by atoms with E-state index in [1.807, 2.05) is 0 Å². The zero-order chi connectivity index (χ0) is 12.8. The summed E-state index contributed by atoms with van der Waals surface area (Å²) in [5.41, 5.74) is 0. The predicted octanol–water partition coefficient (Wildman–Crippen LogP) is -0.297. The van der Waals surface area contributed by atoms with E-state index in [0.717, 1.165) is 0 Å². The molecule has 1 rings (SSSR count). The molecule has 0 aromatic carbocycles. The zero-order valence-electron chi connectivity index (χ0n) is 9.98. The summed E-state index contributed by atoms with van der Waals surface area (Å²) in [6, 6.07) is 0. The molecule has 2 atom stereocenters. The van der Waals surface area contributed by atoms with Gasteiger partial charge in [0.15, 0.2) is 0 Å². The summed E-state index contributed by atoms with van der Waals surface area (Å²) in [7, 11) is 0. The largest absolute Gasteiger partial charge is 0.373 e. The number of rotatable bonds is 5. The van der Waals surface area contributed by atoms with Gasteiger partial charge in [0.1, 0.15) is 6.23 Å². The number of terminal acetylenes is 1. The van der Waals surface area contributed by atoms with Gasteiger partial charge in [0.2, 0.25) is 11.8 Å². The summed E-state index contributed by atoms with van der Waals surface area (Å²) < 4.78 is 0. The number of aliphatic hydroxyl groups is 1. The second-order valence-electron chi connectivity index (χ2n) is 4.20. The van der Waals surface area contributed by atoms with Gasteiger partial charge >= 0.3 is 0 Å². The van der Waals surface area contributed by atoms with Crippen molar-refractivity contribution in [2.45, 2.75) is 32.4 Å². The highest BCUT2D eigenvalue weighted by molar-refractivity contribution is 5.82. The molecule has 2 amide bonds. The Labute approximate surface area is 101 Å². The number of hydrogen-bond acceptors (Lipinski definition) is 3. The Kier molecular flexibility index (Phi) is 4.98. The molecule has 94 valence electrons. The number of carbonyl (C=O) groups is 2. The van der Waals surface area contributed by atoms with E-state index in [-0.39, 0.29) is 30.7 Å². The van der Waals surface area contributed by atoms with Gasteiger partial charge in [-0.1, -0.05) is 6.92 Å². The fourth-order valence-electron chi connectivity index (χ4n) is 1.82. The molecule has 5 heteroatoms. The second kappa shape index (κ2) is 6.26. The van der Waals surface area contributed by atoms with Gasteiger partial charge in [0.05, 0.1) is 0 Å². The molecular weight excluding hydrogens is 220 g/mol. The van der Waals surface area contributed by atoms with Crippen LogP contribution in [0.5, 0.6) is 0 Å². The summed E-state index contributed by atoms with van der Waals surface area (Å²) in [6.07, 6.45) is 5.43. The van der Waals surface area contributed by atoms with E-state index >= 15 is 0 Å². The molecule has 0 saturated carbocycles. The first kappa shape index (κ1) is 13.5. The van der Waals surface area contributed by atoms with Crippen molar-refractivity contribution in [3.63, 3.8) is 0 Å². The molecule has 1 fully saturated rings. The lowest BCUT2D eigenvalue weighted by molar-refractivity contribution is -0.136. The van der Waals surface area contributed by atoms with Gasteiger partial charge in [0, 0.05) is 38.3 Å². The van der Waals surface area contributed by atoms with Crippen molar-refractivity contribution in [1.29, 1.82) is 0 Å². The minimum absolute atomic E-state index is 0.0890. The monoisotopic (exact) mass is 238 g/mol. The van der Waals surface area contributed by atoms with Crippen LogP contribution in [0, 0.1) is 18.3 Å². The number of amides is 2. The maximum absolute atomic E-state index is 11.6. The normalized spacial score (nSPS) is 23.6. The van der Waals surface area contributed by atoms with Crippen LogP contribution in [0.3, 0.4) is 0 Å². The lowest BCUT2D eigenvalue weighted by atomic mass is 10.1. The van der Waals surface area contributed by atoms with E-state index in [0.29, 0.717) is 19.4 Å². The topological polar surface area (TPSA) is 69.6 Å². The number of hydrogen-bond donors (Lipinski definition) is 2. The van der Waals surface area contributed by atoms with Crippen molar-refractivity contribution in [2.75, 3.05) is 13.1 Å². The van der Waals surface area contributed by atoms with Crippen LogP contribution >= 0.6 is 0 Å². The smallest absolute Gasteiger partial charge is 0.227 e. The predicted molar refractivity (Wildman–Crippen MR) is 62.6 cm³/mol. The van der Waals surface area contributed by atoms with E-state index in [1.165, 1.54) is 4.90 Å². The number of nitrogens with one attached hydrogen (secondary N) is 1. The van der Waals surface area contributed by atoms with Gasteiger partial charge < -0.3 is 15.3 Å².